The van der Waals surface area contributed by atoms with Gasteiger partial charge in [0, 0.05) is 22.7 Å². The summed E-state index contributed by atoms with van der Waals surface area (Å²) in [5.74, 6) is -0.357. The van der Waals surface area contributed by atoms with E-state index in [1.807, 2.05) is 24.3 Å². The van der Waals surface area contributed by atoms with Crippen LogP contribution >= 0.6 is 18.6 Å². The molecule has 0 bridgehead atoms. The van der Waals surface area contributed by atoms with Crippen molar-refractivity contribution < 1.29 is 21.9 Å². The van der Waals surface area contributed by atoms with Crippen LogP contribution in [0.1, 0.15) is 12.6 Å². The van der Waals surface area contributed by atoms with Gasteiger partial charge in [-0.25, -0.2) is 4.98 Å². The highest BCUT2D eigenvalue weighted by atomic mass is 35.5. The minimum Gasteiger partial charge on any atom is -1.00 e. The molecule has 3 aromatic carbocycles. The molecule has 0 spiro atoms. The lowest BCUT2D eigenvalue weighted by Gasteiger charge is -2.25. The Hall–Kier alpha value is -3.31. The number of carbonyl (C=O) groups is 1. The van der Waals surface area contributed by atoms with Crippen molar-refractivity contribution in [1.29, 1.82) is 0 Å². The molecule has 0 aliphatic heterocycles. The van der Waals surface area contributed by atoms with Gasteiger partial charge in [-0.2, -0.15) is 0 Å². The summed E-state index contributed by atoms with van der Waals surface area (Å²) in [6, 6.07) is 30.9. The fourth-order valence-electron chi connectivity index (χ4n) is 4.56. The van der Waals surface area contributed by atoms with Gasteiger partial charge in [-0.05, 0) is 43.3 Å². The van der Waals surface area contributed by atoms with Gasteiger partial charge in [0.25, 0.3) is 5.56 Å². The zero-order valence-corrected chi connectivity index (χ0v) is 23.0. The van der Waals surface area contributed by atoms with E-state index in [9.17, 15) is 9.59 Å². The van der Waals surface area contributed by atoms with Gasteiger partial charge in [-0.15, -0.1) is 11.3 Å². The summed E-state index contributed by atoms with van der Waals surface area (Å²) in [5.41, 5.74) is 1.97. The molecular formula is C29H26ClN2O3PS. The Morgan fingerprint density at radius 3 is 2.16 bits per heavy atom. The molecule has 5 aromatic rings. The molecule has 0 N–H and O–H groups in total. The van der Waals surface area contributed by atoms with E-state index in [1.54, 1.807) is 18.4 Å². The van der Waals surface area contributed by atoms with Crippen molar-refractivity contribution in [2.24, 2.45) is 0 Å². The number of benzene rings is 3. The Bertz CT molecular complexity index is 1550. The fourth-order valence-corrected chi connectivity index (χ4v) is 8.90. The fraction of sp³-hybridized carbons (Fsp3) is 0.138. The highest BCUT2D eigenvalue weighted by Gasteiger charge is 2.42. The summed E-state index contributed by atoms with van der Waals surface area (Å²) in [5, 5.41) is 5.49. The smallest absolute Gasteiger partial charge is 0.311 e. The van der Waals surface area contributed by atoms with Crippen molar-refractivity contribution in [1.82, 2.24) is 9.38 Å². The molecule has 2 aromatic heterocycles. The minimum atomic E-state index is -2.03. The molecule has 0 saturated heterocycles. The van der Waals surface area contributed by atoms with E-state index in [4.69, 9.17) is 9.72 Å². The monoisotopic (exact) mass is 548 g/mol. The molecule has 0 aliphatic carbocycles. The zero-order chi connectivity index (χ0) is 25.1. The molecule has 5 nitrogen and oxygen atoms in total. The van der Waals surface area contributed by atoms with Gasteiger partial charge in [0.1, 0.15) is 23.2 Å². The summed E-state index contributed by atoms with van der Waals surface area (Å²) in [6.07, 6.45) is 0.0387. The lowest BCUT2D eigenvalue weighted by atomic mass is 10.1. The first kappa shape index (κ1) is 26.7. The first-order valence-corrected chi connectivity index (χ1v) is 14.9. The van der Waals surface area contributed by atoms with Gasteiger partial charge >= 0.3 is 5.97 Å². The van der Waals surface area contributed by atoms with Crippen molar-refractivity contribution in [3.8, 4) is 11.3 Å². The number of aromatic nitrogens is 2. The van der Waals surface area contributed by atoms with Crippen molar-refractivity contribution >= 4 is 45.4 Å². The van der Waals surface area contributed by atoms with Crippen molar-refractivity contribution in [2.75, 3.05) is 13.3 Å². The Labute approximate surface area is 226 Å². The maximum Gasteiger partial charge on any atom is 0.311 e. The number of thiazole rings is 1. The first-order chi connectivity index (χ1) is 17.5. The minimum absolute atomic E-state index is 0. The zero-order valence-electron chi connectivity index (χ0n) is 20.5. The Kier molecular flexibility index (Phi) is 8.23. The summed E-state index contributed by atoms with van der Waals surface area (Å²) in [6.45, 7) is 4.40. The number of halogens is 1. The number of esters is 1. The summed E-state index contributed by atoms with van der Waals surface area (Å²) >= 11 is 1.36. The van der Waals surface area contributed by atoms with Crippen LogP contribution < -0.4 is 33.9 Å². The van der Waals surface area contributed by atoms with E-state index in [1.165, 1.54) is 31.7 Å². The number of rotatable bonds is 7. The number of fused-ring (bicyclic) bond motifs is 1. The van der Waals surface area contributed by atoms with Gasteiger partial charge in [-0.3, -0.25) is 14.0 Å². The Balaban J connectivity index is 0.00000320. The normalized spacial score (nSPS) is 11.2. The third-order valence-corrected chi connectivity index (χ3v) is 11.2. The van der Waals surface area contributed by atoms with Gasteiger partial charge < -0.3 is 17.1 Å². The summed E-state index contributed by atoms with van der Waals surface area (Å²) in [4.78, 5) is 30.8. The van der Waals surface area contributed by atoms with E-state index < -0.39 is 7.26 Å². The lowest BCUT2D eigenvalue weighted by molar-refractivity contribution is -0.142. The van der Waals surface area contributed by atoms with Crippen LogP contribution in [0.15, 0.2) is 101 Å². The second-order valence-corrected chi connectivity index (χ2v) is 12.9. The van der Waals surface area contributed by atoms with Gasteiger partial charge in [0.2, 0.25) is 0 Å². The maximum absolute atomic E-state index is 13.3. The Morgan fingerprint density at radius 2 is 1.54 bits per heavy atom. The molecule has 0 atom stereocenters. The van der Waals surface area contributed by atoms with Crippen LogP contribution in [0.25, 0.3) is 16.2 Å². The molecule has 0 unspecified atom stereocenters. The third kappa shape index (κ3) is 5.10. The average molecular weight is 549 g/mol. The lowest BCUT2D eigenvalue weighted by Crippen LogP contribution is -3.00. The second kappa shape index (κ2) is 11.4. The van der Waals surface area contributed by atoms with E-state index in [-0.39, 0.29) is 30.4 Å². The van der Waals surface area contributed by atoms with Crippen molar-refractivity contribution in [3.05, 3.63) is 112 Å². The molecule has 0 amide bonds. The molecule has 188 valence electrons. The average Bonchev–Trinajstić information content (AvgIpc) is 3.32. The van der Waals surface area contributed by atoms with Gasteiger partial charge in [0.15, 0.2) is 4.96 Å². The van der Waals surface area contributed by atoms with E-state index in [0.717, 1.165) is 5.56 Å². The molecule has 8 heteroatoms. The standard InChI is InChI=1S/C29H26N2O3PS.ClH/c1-3-34-28(33)18-21-20-36-29-30-25(19-27(32)31(21)29)24-16-10-11-17-26(24)35(2,22-12-6-4-7-13-22)23-14-8-5-9-15-23;/h4-17,19-20H,3,18H2,1-2H3;1H/q+1;/p-1. The van der Waals surface area contributed by atoms with Crippen LogP contribution in [0.5, 0.6) is 0 Å². The molecule has 0 saturated carbocycles. The summed E-state index contributed by atoms with van der Waals surface area (Å²) < 4.78 is 6.58. The number of ether oxygens (including phenoxy) is 1. The van der Waals surface area contributed by atoms with Crippen LogP contribution in [0.3, 0.4) is 0 Å². The van der Waals surface area contributed by atoms with Crippen LogP contribution in [-0.4, -0.2) is 28.6 Å². The van der Waals surface area contributed by atoms with Gasteiger partial charge in [0.05, 0.1) is 25.4 Å². The van der Waals surface area contributed by atoms with Crippen molar-refractivity contribution in [2.45, 2.75) is 13.3 Å². The first-order valence-electron chi connectivity index (χ1n) is 11.8. The van der Waals surface area contributed by atoms with Crippen LogP contribution in [0.4, 0.5) is 0 Å². The number of nitrogens with zero attached hydrogens (tertiary/aromatic N) is 2. The number of hydrogen-bond donors (Lipinski definition) is 0. The maximum atomic E-state index is 13.3. The SMILES string of the molecule is CCOC(=O)Cc1csc2nc(-c3ccccc3[P+](C)(c3ccccc3)c3ccccc3)cc(=O)n12.[Cl-]. The molecule has 5 rings (SSSR count). The molecule has 2 heterocycles. The Morgan fingerprint density at radius 1 is 0.946 bits per heavy atom. The summed E-state index contributed by atoms with van der Waals surface area (Å²) in [7, 11) is -2.03. The van der Waals surface area contributed by atoms with Crippen LogP contribution in [0, 0.1) is 0 Å². The highest BCUT2D eigenvalue weighted by molar-refractivity contribution is 7.95. The van der Waals surface area contributed by atoms with Crippen LogP contribution in [0.2, 0.25) is 0 Å². The van der Waals surface area contributed by atoms with E-state index >= 15 is 0 Å². The molecule has 0 aliphatic rings. The molecular weight excluding hydrogens is 523 g/mol. The molecule has 0 radical (unpaired) electrons. The van der Waals surface area contributed by atoms with E-state index in [0.29, 0.717) is 23.0 Å². The van der Waals surface area contributed by atoms with Gasteiger partial charge in [-0.1, -0.05) is 48.5 Å². The predicted octanol–water partition coefficient (Wildman–Crippen LogP) is 1.46. The number of hydrogen-bond acceptors (Lipinski definition) is 5. The number of carbonyl (C=O) groups excluding carboxylic acids is 1. The molecule has 37 heavy (non-hydrogen) atoms. The predicted molar refractivity (Wildman–Crippen MR) is 150 cm³/mol. The quantitative estimate of drug-likeness (QED) is 0.228. The van der Waals surface area contributed by atoms with Crippen LogP contribution in [-0.2, 0) is 16.0 Å². The third-order valence-electron chi connectivity index (χ3n) is 6.31. The largest absolute Gasteiger partial charge is 1.00 e. The molecule has 0 fully saturated rings. The topological polar surface area (TPSA) is 60.7 Å². The second-order valence-electron chi connectivity index (χ2n) is 8.50. The van der Waals surface area contributed by atoms with E-state index in [2.05, 4.69) is 67.3 Å². The van der Waals surface area contributed by atoms with Crippen molar-refractivity contribution in [3.63, 3.8) is 0 Å². The highest BCUT2D eigenvalue weighted by Crippen LogP contribution is 2.53.